The average Bonchev–Trinajstić information content (AvgIpc) is 3.58. The van der Waals surface area contributed by atoms with Gasteiger partial charge in [0, 0.05) is 30.0 Å². The van der Waals surface area contributed by atoms with E-state index in [9.17, 15) is 9.18 Å². The molecule has 6 rings (SSSR count). The summed E-state index contributed by atoms with van der Waals surface area (Å²) in [6.07, 6.45) is 5.15. The molecule has 3 aromatic carbocycles. The molecule has 1 fully saturated rings. The number of nitrogens with one attached hydrogen (secondary N) is 2. The molecule has 11 heteroatoms. The summed E-state index contributed by atoms with van der Waals surface area (Å²) >= 11 is 1.47. The highest BCUT2D eigenvalue weighted by atomic mass is 32.2. The first kappa shape index (κ1) is 27.7. The lowest BCUT2D eigenvalue weighted by Crippen LogP contribution is -2.26. The fourth-order valence-electron chi connectivity index (χ4n) is 5.00. The summed E-state index contributed by atoms with van der Waals surface area (Å²) in [4.78, 5) is 16.8. The zero-order valence-corrected chi connectivity index (χ0v) is 24.0. The molecule has 0 amide bonds. The van der Waals surface area contributed by atoms with Crippen molar-refractivity contribution in [3.05, 3.63) is 89.5 Å². The Bertz CT molecular complexity index is 1760. The molecule has 216 valence electrons. The fraction of sp³-hybridized carbons (Fsp3) is 0.226. The molecule has 0 unspecified atom stereocenters. The lowest BCUT2D eigenvalue weighted by molar-refractivity contribution is 0.0259. The molecule has 1 aliphatic rings. The maximum Gasteiger partial charge on any atom is 0.214 e. The molecule has 0 radical (unpaired) electrons. The number of halogens is 1. The zero-order chi connectivity index (χ0) is 29.2. The quantitative estimate of drug-likeness (QED) is 0.130. The molecule has 0 aliphatic carbocycles. The lowest BCUT2D eigenvalue weighted by Gasteiger charge is -2.24. The van der Waals surface area contributed by atoms with E-state index in [4.69, 9.17) is 19.9 Å². The van der Waals surface area contributed by atoms with E-state index < -0.39 is 5.82 Å². The van der Waals surface area contributed by atoms with Crippen LogP contribution >= 0.6 is 11.9 Å². The number of aromatic nitrogens is 3. The van der Waals surface area contributed by atoms with Crippen LogP contribution in [0.5, 0.6) is 17.2 Å². The number of hydrogen-bond donors (Lipinski definition) is 3. The number of aryl methyl sites for hydroxylation is 1. The average molecular weight is 588 g/mol. The number of para-hydroxylation sites is 1. The molecule has 42 heavy (non-hydrogen) atoms. The smallest absolute Gasteiger partial charge is 0.214 e. The molecule has 9 nitrogen and oxygen atoms in total. The van der Waals surface area contributed by atoms with Crippen LogP contribution in [0.2, 0.25) is 0 Å². The van der Waals surface area contributed by atoms with Gasteiger partial charge in [-0.3, -0.25) is 4.79 Å². The van der Waals surface area contributed by atoms with Crippen molar-refractivity contribution in [3.8, 4) is 22.9 Å². The number of ether oxygens (including phenoxy) is 3. The lowest BCUT2D eigenvalue weighted by atomic mass is 10.1. The van der Waals surface area contributed by atoms with Gasteiger partial charge in [-0.15, -0.1) is 0 Å². The van der Waals surface area contributed by atoms with Crippen molar-refractivity contribution in [1.29, 1.82) is 0 Å². The van der Waals surface area contributed by atoms with E-state index in [0.29, 0.717) is 30.3 Å². The van der Waals surface area contributed by atoms with Crippen LogP contribution in [0.1, 0.15) is 34.5 Å². The van der Waals surface area contributed by atoms with E-state index in [-0.39, 0.29) is 29.0 Å². The molecule has 1 saturated heterocycles. The number of rotatable bonds is 9. The number of carbonyl (C=O) groups is 1. The first-order valence-corrected chi connectivity index (χ1v) is 14.8. The van der Waals surface area contributed by atoms with E-state index in [1.165, 1.54) is 28.9 Å². The molecule has 0 spiro atoms. The van der Waals surface area contributed by atoms with Gasteiger partial charge in [0.2, 0.25) is 5.78 Å². The summed E-state index contributed by atoms with van der Waals surface area (Å²) in [6.45, 7) is 3.23. The number of fused-ring (bicyclic) bond motifs is 1. The van der Waals surface area contributed by atoms with E-state index in [2.05, 4.69) is 14.8 Å². The van der Waals surface area contributed by atoms with Gasteiger partial charge in [0.15, 0.2) is 11.6 Å². The van der Waals surface area contributed by atoms with E-state index in [0.717, 1.165) is 40.7 Å². The minimum atomic E-state index is -0.449. The number of H-pyrrole nitrogens is 1. The van der Waals surface area contributed by atoms with Gasteiger partial charge >= 0.3 is 0 Å². The van der Waals surface area contributed by atoms with Gasteiger partial charge < -0.3 is 29.7 Å². The summed E-state index contributed by atoms with van der Waals surface area (Å²) < 4.78 is 36.3. The summed E-state index contributed by atoms with van der Waals surface area (Å²) in [5.41, 5.74) is 10.2. The largest absolute Gasteiger partial charge is 0.488 e. The molecule has 0 bridgehead atoms. The first-order chi connectivity index (χ1) is 20.4. The minimum absolute atomic E-state index is 0.0767. The Morgan fingerprint density at radius 1 is 1.14 bits per heavy atom. The predicted octanol–water partition coefficient (Wildman–Crippen LogP) is 6.65. The summed E-state index contributed by atoms with van der Waals surface area (Å²) in [6, 6.07) is 17.1. The topological polar surface area (TPSA) is 116 Å². The van der Waals surface area contributed by atoms with Crippen molar-refractivity contribution in [2.75, 3.05) is 29.9 Å². The number of ketones is 1. The van der Waals surface area contributed by atoms with Gasteiger partial charge in [0.25, 0.3) is 0 Å². The third kappa shape index (κ3) is 5.53. The standard InChI is InChI=1S/C31H30FN5O4S/c1-18-13-21(41-28-6-4-3-5-23(28)32)7-8-27(18)37-31(33)22(17-34-37)30(38)26-14-19-15-29(40-20-9-11-39-12-10-20)25(36-42-2)16-24(19)35-26/h3-8,13-17,20,35-36H,9-12,33H2,1-2H3. The number of anilines is 2. The number of nitrogen functional groups attached to an aromatic ring is 1. The van der Waals surface area contributed by atoms with Gasteiger partial charge in [-0.05, 0) is 61.0 Å². The monoisotopic (exact) mass is 587 g/mol. The Kier molecular flexibility index (Phi) is 7.77. The number of hydrogen-bond acceptors (Lipinski definition) is 8. The molecule has 3 heterocycles. The maximum atomic E-state index is 14.0. The van der Waals surface area contributed by atoms with E-state index in [1.807, 2.05) is 25.3 Å². The third-order valence-electron chi connectivity index (χ3n) is 7.15. The SMILES string of the molecule is CSNc1cc2[nH]c(C(=O)c3cnn(-c4ccc(Oc5ccccc5F)cc4C)c3N)cc2cc1OC1CCOCC1. The van der Waals surface area contributed by atoms with Crippen molar-refractivity contribution in [1.82, 2.24) is 14.8 Å². The number of nitrogens with two attached hydrogens (primary N) is 1. The Morgan fingerprint density at radius 2 is 1.95 bits per heavy atom. The number of carbonyl (C=O) groups excluding carboxylic acids is 1. The van der Waals surface area contributed by atoms with Crippen LogP contribution in [0.15, 0.2) is 66.9 Å². The molecule has 4 N–H and O–H groups in total. The number of nitrogens with zero attached hydrogens (tertiary/aromatic N) is 2. The minimum Gasteiger partial charge on any atom is -0.488 e. The highest BCUT2D eigenvalue weighted by molar-refractivity contribution is 7.99. The van der Waals surface area contributed by atoms with Crippen LogP contribution in [-0.2, 0) is 4.74 Å². The van der Waals surface area contributed by atoms with Gasteiger partial charge in [-0.25, -0.2) is 9.07 Å². The molecule has 2 aromatic heterocycles. The Labute approximate surface area is 246 Å². The van der Waals surface area contributed by atoms with Crippen molar-refractivity contribution < 1.29 is 23.4 Å². The van der Waals surface area contributed by atoms with Crippen LogP contribution < -0.4 is 19.9 Å². The van der Waals surface area contributed by atoms with Crippen LogP contribution in [0, 0.1) is 12.7 Å². The van der Waals surface area contributed by atoms with Crippen molar-refractivity contribution >= 4 is 40.1 Å². The highest BCUT2D eigenvalue weighted by Crippen LogP contribution is 2.35. The fourth-order valence-corrected chi connectivity index (χ4v) is 5.38. The van der Waals surface area contributed by atoms with Gasteiger partial charge in [-0.1, -0.05) is 24.1 Å². The summed E-state index contributed by atoms with van der Waals surface area (Å²) in [5.74, 6) is 0.809. The van der Waals surface area contributed by atoms with Crippen LogP contribution in [0.25, 0.3) is 16.6 Å². The van der Waals surface area contributed by atoms with Crippen molar-refractivity contribution in [2.45, 2.75) is 25.9 Å². The van der Waals surface area contributed by atoms with Crippen LogP contribution in [-0.4, -0.2) is 46.1 Å². The normalized spacial score (nSPS) is 13.8. The maximum absolute atomic E-state index is 14.0. The van der Waals surface area contributed by atoms with E-state index in [1.54, 1.807) is 42.5 Å². The van der Waals surface area contributed by atoms with Crippen LogP contribution in [0.3, 0.4) is 0 Å². The highest BCUT2D eigenvalue weighted by Gasteiger charge is 2.22. The van der Waals surface area contributed by atoms with Crippen LogP contribution in [0.4, 0.5) is 15.9 Å². The summed E-state index contributed by atoms with van der Waals surface area (Å²) in [7, 11) is 0. The Balaban J connectivity index is 1.26. The molecule has 1 aliphatic heterocycles. The van der Waals surface area contributed by atoms with E-state index >= 15 is 0 Å². The van der Waals surface area contributed by atoms with Gasteiger partial charge in [0.05, 0.1) is 42.0 Å². The van der Waals surface area contributed by atoms with Crippen molar-refractivity contribution in [3.63, 3.8) is 0 Å². The van der Waals surface area contributed by atoms with Crippen molar-refractivity contribution in [2.24, 2.45) is 0 Å². The molecule has 5 aromatic rings. The molecule has 0 saturated carbocycles. The second-order valence-electron chi connectivity index (χ2n) is 10.0. The second kappa shape index (κ2) is 11.8. The molecular formula is C31H30FN5O4S. The molecular weight excluding hydrogens is 557 g/mol. The Morgan fingerprint density at radius 3 is 2.71 bits per heavy atom. The predicted molar refractivity (Wildman–Crippen MR) is 163 cm³/mol. The Hall–Kier alpha value is -4.48. The number of benzene rings is 3. The van der Waals surface area contributed by atoms with Gasteiger partial charge in [0.1, 0.15) is 23.4 Å². The third-order valence-corrected chi connectivity index (χ3v) is 7.58. The zero-order valence-electron chi connectivity index (χ0n) is 23.1. The number of aromatic amines is 1. The second-order valence-corrected chi connectivity index (χ2v) is 10.6. The summed E-state index contributed by atoms with van der Waals surface area (Å²) in [5, 5.41) is 5.25. The molecule has 0 atom stereocenters. The first-order valence-electron chi connectivity index (χ1n) is 13.5. The van der Waals surface area contributed by atoms with Gasteiger partial charge in [-0.2, -0.15) is 5.10 Å².